The average molecular weight is 515 g/mol. The molecule has 192 valence electrons. The highest BCUT2D eigenvalue weighted by Crippen LogP contribution is 2.38. The number of alkyl carbamates (subject to hydrolysis) is 1. The minimum atomic E-state index is -0.447. The van der Waals surface area contributed by atoms with Gasteiger partial charge >= 0.3 is 6.09 Å². The second-order valence-electron chi connectivity index (χ2n) is 9.32. The molecule has 1 saturated carbocycles. The number of anilines is 4. The van der Waals surface area contributed by atoms with Crippen LogP contribution >= 0.6 is 11.6 Å². The Hall–Kier alpha value is -3.35. The fourth-order valence-corrected chi connectivity index (χ4v) is 4.70. The Morgan fingerprint density at radius 1 is 1.25 bits per heavy atom. The highest BCUT2D eigenvalue weighted by molar-refractivity contribution is 6.36. The zero-order valence-electron chi connectivity index (χ0n) is 20.3. The lowest BCUT2D eigenvalue weighted by Gasteiger charge is -2.23. The number of carbonyl (C=O) groups is 1. The van der Waals surface area contributed by atoms with Gasteiger partial charge in [-0.3, -0.25) is 0 Å². The van der Waals surface area contributed by atoms with Crippen LogP contribution in [0.25, 0.3) is 5.65 Å². The lowest BCUT2D eigenvalue weighted by Crippen LogP contribution is -2.39. The molecule has 7 N–H and O–H groups in total. The smallest absolute Gasteiger partial charge is 0.407 e. The van der Waals surface area contributed by atoms with Gasteiger partial charge < -0.3 is 37.1 Å². The van der Waals surface area contributed by atoms with Gasteiger partial charge in [0.05, 0.1) is 41.4 Å². The highest BCUT2D eigenvalue weighted by atomic mass is 35.5. The standard InChI is InChI=1S/C23H31ClN10O2/c1-12-10-33(11-17(12)30-23(35)36-2)18-6-13(7-25)5-16(19(18)24)29-22-31-20(28-14-3-4-14)21-27-9-15(8-26)34(21)32-22/h5-6,9,12,14,17H,3-4,7-8,10-11,25-26H2,1-2H3,(H,30,35)(H2,28,29,31,32)/t12-,17-/m1/s1. The van der Waals surface area contributed by atoms with Crippen LogP contribution in [0.5, 0.6) is 0 Å². The molecule has 2 aliphatic rings. The third-order valence-corrected chi connectivity index (χ3v) is 6.99. The molecule has 1 aliphatic heterocycles. The Morgan fingerprint density at radius 3 is 2.75 bits per heavy atom. The minimum absolute atomic E-state index is 0.0656. The largest absolute Gasteiger partial charge is 0.453 e. The molecule has 1 aliphatic carbocycles. The number of rotatable bonds is 8. The van der Waals surface area contributed by atoms with Crippen molar-refractivity contribution >= 4 is 46.5 Å². The van der Waals surface area contributed by atoms with E-state index in [4.69, 9.17) is 32.8 Å². The number of nitrogens with two attached hydrogens (primary N) is 2. The first-order valence-electron chi connectivity index (χ1n) is 12.0. The van der Waals surface area contributed by atoms with Crippen LogP contribution in [-0.4, -0.2) is 58.0 Å². The first-order chi connectivity index (χ1) is 17.4. The van der Waals surface area contributed by atoms with Gasteiger partial charge in [-0.1, -0.05) is 18.5 Å². The maximum atomic E-state index is 11.8. The number of hydrogen-bond acceptors (Lipinski definition) is 10. The van der Waals surface area contributed by atoms with E-state index in [1.165, 1.54) is 7.11 Å². The van der Waals surface area contributed by atoms with Crippen LogP contribution in [0.2, 0.25) is 5.02 Å². The number of imidazole rings is 1. The molecule has 2 atom stereocenters. The minimum Gasteiger partial charge on any atom is -0.453 e. The van der Waals surface area contributed by atoms with Crippen LogP contribution in [0, 0.1) is 5.92 Å². The van der Waals surface area contributed by atoms with Gasteiger partial charge in [0, 0.05) is 32.2 Å². The monoisotopic (exact) mass is 514 g/mol. The number of carbonyl (C=O) groups excluding carboxylic acids is 1. The van der Waals surface area contributed by atoms with Gasteiger partial charge in [-0.25, -0.2) is 14.3 Å². The van der Waals surface area contributed by atoms with Crippen LogP contribution in [0.3, 0.4) is 0 Å². The molecular weight excluding hydrogens is 484 g/mol. The van der Waals surface area contributed by atoms with Crippen molar-refractivity contribution in [1.29, 1.82) is 0 Å². The molecule has 36 heavy (non-hydrogen) atoms. The van der Waals surface area contributed by atoms with E-state index < -0.39 is 6.09 Å². The number of aromatic nitrogens is 4. The maximum absolute atomic E-state index is 11.8. The summed E-state index contributed by atoms with van der Waals surface area (Å²) in [6, 6.07) is 4.19. The molecule has 0 bridgehead atoms. The number of hydrogen-bond donors (Lipinski definition) is 5. The first kappa shape index (κ1) is 24.3. The predicted octanol–water partition coefficient (Wildman–Crippen LogP) is 2.19. The van der Waals surface area contributed by atoms with Crippen molar-refractivity contribution in [3.8, 4) is 0 Å². The van der Waals surface area contributed by atoms with Crippen molar-refractivity contribution in [3.63, 3.8) is 0 Å². The zero-order valence-corrected chi connectivity index (χ0v) is 21.0. The molecule has 2 aromatic heterocycles. The summed E-state index contributed by atoms with van der Waals surface area (Å²) >= 11 is 6.92. The fourth-order valence-electron chi connectivity index (χ4n) is 4.43. The maximum Gasteiger partial charge on any atom is 0.407 e. The molecule has 0 radical (unpaired) electrons. The molecule has 3 aromatic rings. The number of amides is 1. The Bertz CT molecular complexity index is 1280. The van der Waals surface area contributed by atoms with E-state index in [-0.39, 0.29) is 12.0 Å². The number of fused-ring (bicyclic) bond motifs is 1. The van der Waals surface area contributed by atoms with E-state index in [0.29, 0.717) is 60.3 Å². The Morgan fingerprint density at radius 2 is 2.06 bits per heavy atom. The number of benzene rings is 1. The third kappa shape index (κ3) is 4.84. The van der Waals surface area contributed by atoms with E-state index in [2.05, 4.69) is 37.9 Å². The van der Waals surface area contributed by atoms with Gasteiger partial charge in [0.25, 0.3) is 0 Å². The van der Waals surface area contributed by atoms with Crippen LogP contribution in [0.4, 0.5) is 27.9 Å². The van der Waals surface area contributed by atoms with Gasteiger partial charge in [-0.15, -0.1) is 5.10 Å². The molecule has 0 unspecified atom stereocenters. The summed E-state index contributed by atoms with van der Waals surface area (Å²) in [4.78, 5) is 23.0. The van der Waals surface area contributed by atoms with Crippen LogP contribution in [-0.2, 0) is 17.8 Å². The van der Waals surface area contributed by atoms with Crippen molar-refractivity contribution in [2.75, 3.05) is 35.7 Å². The SMILES string of the molecule is COC(=O)N[C@@H]1CN(c2cc(CN)cc(Nc3nc(NC4CC4)c4ncc(CN)n4n3)c2Cl)C[C@H]1C. The van der Waals surface area contributed by atoms with E-state index in [1.54, 1.807) is 10.7 Å². The van der Waals surface area contributed by atoms with E-state index in [1.807, 2.05) is 12.1 Å². The van der Waals surface area contributed by atoms with Crippen molar-refractivity contribution in [1.82, 2.24) is 24.9 Å². The zero-order chi connectivity index (χ0) is 25.4. The number of methoxy groups -OCH3 is 1. The Balaban J connectivity index is 1.47. The van der Waals surface area contributed by atoms with Gasteiger partial charge in [-0.2, -0.15) is 4.98 Å². The molecule has 1 saturated heterocycles. The number of nitrogens with zero attached hydrogens (tertiary/aromatic N) is 5. The van der Waals surface area contributed by atoms with Crippen LogP contribution in [0.1, 0.15) is 31.0 Å². The Kier molecular flexibility index (Phi) is 6.73. The summed E-state index contributed by atoms with van der Waals surface area (Å²) in [5.41, 5.74) is 15.7. The molecule has 3 heterocycles. The second-order valence-corrected chi connectivity index (χ2v) is 9.70. The van der Waals surface area contributed by atoms with E-state index in [9.17, 15) is 4.79 Å². The molecular formula is C23H31ClN10O2. The van der Waals surface area contributed by atoms with Crippen molar-refractivity contribution < 1.29 is 9.53 Å². The fraction of sp³-hybridized carbons (Fsp3) is 0.478. The number of ether oxygens (including phenoxy) is 1. The summed E-state index contributed by atoms with van der Waals surface area (Å²) in [6.07, 6.45) is 3.45. The predicted molar refractivity (Wildman–Crippen MR) is 139 cm³/mol. The summed E-state index contributed by atoms with van der Waals surface area (Å²) in [5.74, 6) is 1.21. The summed E-state index contributed by atoms with van der Waals surface area (Å²) < 4.78 is 6.47. The lowest BCUT2D eigenvalue weighted by molar-refractivity contribution is 0.165. The number of halogens is 1. The lowest BCUT2D eigenvalue weighted by atomic mass is 10.1. The van der Waals surface area contributed by atoms with Crippen LogP contribution in [0.15, 0.2) is 18.3 Å². The highest BCUT2D eigenvalue weighted by Gasteiger charge is 2.33. The van der Waals surface area contributed by atoms with Gasteiger partial charge in [-0.05, 0) is 36.5 Å². The van der Waals surface area contributed by atoms with Crippen molar-refractivity contribution in [3.05, 3.63) is 34.6 Å². The topological polar surface area (TPSA) is 161 Å². The molecule has 1 amide bonds. The summed E-state index contributed by atoms with van der Waals surface area (Å²) in [5, 5.41) is 14.8. The van der Waals surface area contributed by atoms with Gasteiger partial charge in [0.2, 0.25) is 5.95 Å². The molecule has 0 spiro atoms. The summed E-state index contributed by atoms with van der Waals surface area (Å²) in [7, 11) is 1.36. The first-order valence-corrected chi connectivity index (χ1v) is 12.4. The average Bonchev–Trinajstić information content (AvgIpc) is 3.48. The summed E-state index contributed by atoms with van der Waals surface area (Å²) in [6.45, 7) is 4.02. The van der Waals surface area contributed by atoms with Gasteiger partial charge in [0.15, 0.2) is 11.5 Å². The van der Waals surface area contributed by atoms with Crippen molar-refractivity contribution in [2.24, 2.45) is 17.4 Å². The molecule has 1 aromatic carbocycles. The van der Waals surface area contributed by atoms with Gasteiger partial charge in [0.1, 0.15) is 0 Å². The normalized spacial score (nSPS) is 19.5. The molecule has 5 rings (SSSR count). The van der Waals surface area contributed by atoms with E-state index >= 15 is 0 Å². The number of nitrogens with one attached hydrogen (secondary N) is 3. The molecule has 2 fully saturated rings. The van der Waals surface area contributed by atoms with Crippen LogP contribution < -0.4 is 32.3 Å². The second kappa shape index (κ2) is 9.96. The molecule has 13 heteroatoms. The molecule has 12 nitrogen and oxygen atoms in total. The third-order valence-electron chi connectivity index (χ3n) is 6.60. The Labute approximate surface area is 213 Å². The van der Waals surface area contributed by atoms with E-state index in [0.717, 1.165) is 29.8 Å². The quantitative estimate of drug-likeness (QED) is 0.301. The van der Waals surface area contributed by atoms with Crippen molar-refractivity contribution in [2.45, 2.75) is 44.9 Å².